The van der Waals surface area contributed by atoms with Crippen molar-refractivity contribution in [2.24, 2.45) is 10.7 Å². The molecule has 2 heterocycles. The number of rotatable bonds is 4. The van der Waals surface area contributed by atoms with E-state index in [0.717, 1.165) is 0 Å². The maximum atomic E-state index is 13.9. The molecule has 3 rings (SSSR count). The van der Waals surface area contributed by atoms with E-state index in [9.17, 15) is 4.39 Å². The van der Waals surface area contributed by atoms with Gasteiger partial charge in [-0.1, -0.05) is 18.2 Å². The van der Waals surface area contributed by atoms with Crippen LogP contribution in [-0.2, 0) is 6.54 Å². The predicted molar refractivity (Wildman–Crippen MR) is 93.1 cm³/mol. The van der Waals surface area contributed by atoms with Gasteiger partial charge in [0.05, 0.1) is 18.0 Å². The Balaban J connectivity index is 2.07. The molecular formula is C18H15FN6. The van der Waals surface area contributed by atoms with Crippen LogP contribution in [0.5, 0.6) is 0 Å². The molecular weight excluding hydrogens is 319 g/mol. The maximum Gasteiger partial charge on any atom is 0.158 e. The fraction of sp³-hybridized carbons (Fsp3) is 0.111. The van der Waals surface area contributed by atoms with E-state index in [1.54, 1.807) is 42.1 Å². The smallest absolute Gasteiger partial charge is 0.158 e. The highest BCUT2D eigenvalue weighted by Crippen LogP contribution is 2.18. The molecule has 124 valence electrons. The lowest BCUT2D eigenvalue weighted by atomic mass is 10.2. The first-order chi connectivity index (χ1) is 12.1. The molecule has 0 aliphatic heterocycles. The van der Waals surface area contributed by atoms with Crippen LogP contribution in [0.25, 0.3) is 11.0 Å². The lowest BCUT2D eigenvalue weighted by Gasteiger charge is -2.04. The summed E-state index contributed by atoms with van der Waals surface area (Å²) in [6.07, 6.45) is 3.02. The largest absolute Gasteiger partial charge is 0.382 e. The molecule has 0 radical (unpaired) electrons. The second kappa shape index (κ2) is 6.93. The fourth-order valence-electron chi connectivity index (χ4n) is 2.35. The summed E-state index contributed by atoms with van der Waals surface area (Å²) in [5, 5.41) is 14.0. The molecule has 0 amide bonds. The molecule has 0 atom stereocenters. The first kappa shape index (κ1) is 16.3. The van der Waals surface area contributed by atoms with Gasteiger partial charge in [-0.15, -0.1) is 0 Å². The van der Waals surface area contributed by atoms with Crippen LogP contribution in [0.2, 0.25) is 0 Å². The molecule has 0 unspecified atom stereocenters. The van der Waals surface area contributed by atoms with Crippen molar-refractivity contribution in [3.8, 4) is 6.07 Å². The van der Waals surface area contributed by atoms with Crippen molar-refractivity contribution in [3.05, 3.63) is 71.4 Å². The lowest BCUT2D eigenvalue weighted by molar-refractivity contribution is 0.589. The Kier molecular flexibility index (Phi) is 4.53. The van der Waals surface area contributed by atoms with Crippen LogP contribution in [-0.4, -0.2) is 20.6 Å². The van der Waals surface area contributed by atoms with Gasteiger partial charge in [-0.25, -0.2) is 19.0 Å². The number of benzene rings is 1. The molecule has 6 nitrogen and oxygen atoms in total. The van der Waals surface area contributed by atoms with E-state index in [1.165, 1.54) is 12.3 Å². The second-order valence-corrected chi connectivity index (χ2v) is 5.41. The maximum absolute atomic E-state index is 13.9. The van der Waals surface area contributed by atoms with E-state index >= 15 is 0 Å². The number of hydrogen-bond acceptors (Lipinski definition) is 4. The molecule has 1 aromatic carbocycles. The Hall–Kier alpha value is -3.53. The highest BCUT2D eigenvalue weighted by molar-refractivity contribution is 6.06. The number of aliphatic imine (C=N–C) groups is 1. The van der Waals surface area contributed by atoms with Crippen molar-refractivity contribution < 1.29 is 4.39 Å². The van der Waals surface area contributed by atoms with Gasteiger partial charge in [-0.2, -0.15) is 10.4 Å². The molecule has 0 fully saturated rings. The zero-order valence-electron chi connectivity index (χ0n) is 13.5. The van der Waals surface area contributed by atoms with Crippen LogP contribution in [0.15, 0.2) is 59.4 Å². The van der Waals surface area contributed by atoms with Gasteiger partial charge in [-0.3, -0.25) is 0 Å². The van der Waals surface area contributed by atoms with E-state index in [0.29, 0.717) is 27.9 Å². The van der Waals surface area contributed by atoms with Gasteiger partial charge in [0, 0.05) is 23.5 Å². The molecule has 2 N–H and O–H groups in total. The summed E-state index contributed by atoms with van der Waals surface area (Å²) in [5.41, 5.74) is 7.97. The summed E-state index contributed by atoms with van der Waals surface area (Å²) in [5.74, 6) is -0.141. The lowest BCUT2D eigenvalue weighted by Crippen LogP contribution is -2.15. The normalized spacial score (nSPS) is 12.4. The highest BCUT2D eigenvalue weighted by Gasteiger charge is 2.15. The first-order valence-electron chi connectivity index (χ1n) is 7.55. The monoisotopic (exact) mass is 334 g/mol. The molecule has 2 aromatic heterocycles. The first-order valence-corrected chi connectivity index (χ1v) is 7.55. The van der Waals surface area contributed by atoms with E-state index < -0.39 is 0 Å². The van der Waals surface area contributed by atoms with Crippen molar-refractivity contribution in [2.45, 2.75) is 13.5 Å². The van der Waals surface area contributed by atoms with Crippen molar-refractivity contribution >= 4 is 16.9 Å². The van der Waals surface area contributed by atoms with Gasteiger partial charge in [0.25, 0.3) is 0 Å². The second-order valence-electron chi connectivity index (χ2n) is 5.41. The number of nitrogens with zero attached hydrogens (tertiary/aromatic N) is 5. The third kappa shape index (κ3) is 3.38. The minimum atomic E-state index is -0.308. The van der Waals surface area contributed by atoms with Crippen molar-refractivity contribution in [2.75, 3.05) is 0 Å². The van der Waals surface area contributed by atoms with Gasteiger partial charge in [0.1, 0.15) is 11.5 Å². The number of aromatic nitrogens is 3. The summed E-state index contributed by atoms with van der Waals surface area (Å²) < 4.78 is 15.5. The molecule has 25 heavy (non-hydrogen) atoms. The predicted octanol–water partition coefficient (Wildman–Crippen LogP) is 2.75. The van der Waals surface area contributed by atoms with Crippen LogP contribution in [0, 0.1) is 17.1 Å². The molecule has 0 saturated heterocycles. The Bertz CT molecular complexity index is 1030. The molecule has 0 aliphatic carbocycles. The summed E-state index contributed by atoms with van der Waals surface area (Å²) in [6, 6.07) is 12.1. The average Bonchev–Trinajstić information content (AvgIpc) is 3.00. The third-order valence-electron chi connectivity index (χ3n) is 3.60. The summed E-state index contributed by atoms with van der Waals surface area (Å²) in [7, 11) is 0. The number of pyridine rings is 1. The number of allylic oxidation sites excluding steroid dienone is 1. The highest BCUT2D eigenvalue weighted by atomic mass is 19.1. The molecule has 0 spiro atoms. The van der Waals surface area contributed by atoms with E-state index in [4.69, 9.17) is 11.0 Å². The molecule has 3 aromatic rings. The molecule has 7 heteroatoms. The average molecular weight is 334 g/mol. The topological polar surface area (TPSA) is 92.9 Å². The van der Waals surface area contributed by atoms with Gasteiger partial charge in [0.15, 0.2) is 11.5 Å². The Morgan fingerprint density at radius 1 is 1.36 bits per heavy atom. The van der Waals surface area contributed by atoms with Crippen molar-refractivity contribution in [1.29, 1.82) is 5.26 Å². The number of amidine groups is 1. The summed E-state index contributed by atoms with van der Waals surface area (Å²) in [4.78, 5) is 8.41. The van der Waals surface area contributed by atoms with Gasteiger partial charge < -0.3 is 5.73 Å². The van der Waals surface area contributed by atoms with Crippen LogP contribution in [0.4, 0.5) is 4.39 Å². The van der Waals surface area contributed by atoms with Crippen LogP contribution in [0.1, 0.15) is 18.2 Å². The minimum Gasteiger partial charge on any atom is -0.382 e. The zero-order valence-corrected chi connectivity index (χ0v) is 13.5. The Morgan fingerprint density at radius 2 is 2.16 bits per heavy atom. The number of nitrogens with two attached hydrogens (primary N) is 1. The van der Waals surface area contributed by atoms with E-state index in [-0.39, 0.29) is 18.2 Å². The number of hydrogen-bond donors (Lipinski definition) is 1. The van der Waals surface area contributed by atoms with Crippen LogP contribution < -0.4 is 5.73 Å². The quantitative estimate of drug-likeness (QED) is 0.451. The third-order valence-corrected chi connectivity index (χ3v) is 3.60. The Morgan fingerprint density at radius 3 is 2.92 bits per heavy atom. The SMILES string of the molecule is C/C(C#N)=C/N=C(N)c1nn(Cc2ccccc2F)c2ncccc12. The summed E-state index contributed by atoms with van der Waals surface area (Å²) in [6.45, 7) is 1.85. The number of halogens is 1. The van der Waals surface area contributed by atoms with E-state index in [2.05, 4.69) is 15.1 Å². The standard InChI is InChI=1S/C18H15FN6/c1-12(9-20)10-23-17(21)16-14-6-4-8-22-18(14)25(24-16)11-13-5-2-3-7-15(13)19/h2-8,10H,11H2,1H3,(H2,21,23)/b12-10-. The zero-order chi connectivity index (χ0) is 17.8. The van der Waals surface area contributed by atoms with Crippen molar-refractivity contribution in [1.82, 2.24) is 14.8 Å². The van der Waals surface area contributed by atoms with Gasteiger partial charge in [0.2, 0.25) is 0 Å². The van der Waals surface area contributed by atoms with Crippen LogP contribution in [0.3, 0.4) is 0 Å². The van der Waals surface area contributed by atoms with Crippen molar-refractivity contribution in [3.63, 3.8) is 0 Å². The Labute approximate surface area is 143 Å². The molecule has 0 bridgehead atoms. The summed E-state index contributed by atoms with van der Waals surface area (Å²) >= 11 is 0. The van der Waals surface area contributed by atoms with E-state index in [1.807, 2.05) is 12.1 Å². The van der Waals surface area contributed by atoms with Gasteiger partial charge in [-0.05, 0) is 25.1 Å². The fourth-order valence-corrected chi connectivity index (χ4v) is 2.35. The molecule has 0 aliphatic rings. The molecule has 0 saturated carbocycles. The number of fused-ring (bicyclic) bond motifs is 1. The van der Waals surface area contributed by atoms with Crippen LogP contribution >= 0.6 is 0 Å². The minimum absolute atomic E-state index is 0.167. The van der Waals surface area contributed by atoms with Gasteiger partial charge >= 0.3 is 0 Å². The number of nitriles is 1.